The van der Waals surface area contributed by atoms with Crippen LogP contribution in [0, 0.1) is 0 Å². The molecule has 0 aromatic rings. The number of ether oxygens (including phenoxy) is 4. The predicted octanol–water partition coefficient (Wildman–Crippen LogP) is -1.82. The minimum absolute atomic E-state index is 0.411. The van der Waals surface area contributed by atoms with Crippen LogP contribution in [0.25, 0.3) is 0 Å². The van der Waals surface area contributed by atoms with Crippen molar-refractivity contribution in [1.29, 1.82) is 0 Å². The normalized spacial score (nSPS) is 12.9. The summed E-state index contributed by atoms with van der Waals surface area (Å²) in [4.78, 5) is 98.9. The van der Waals surface area contributed by atoms with Gasteiger partial charge in [0, 0.05) is 76.7 Å². The summed E-state index contributed by atoms with van der Waals surface area (Å²) in [5.74, 6) is -6.07. The molecule has 4 amide bonds. The van der Waals surface area contributed by atoms with E-state index in [4.69, 9.17) is 18.9 Å². The van der Waals surface area contributed by atoms with E-state index in [1.165, 1.54) is 19.6 Å². The fourth-order valence-corrected chi connectivity index (χ4v) is 4.38. The lowest BCUT2D eigenvalue weighted by Gasteiger charge is -2.21. The van der Waals surface area contributed by atoms with Crippen LogP contribution >= 0.6 is 0 Å². The van der Waals surface area contributed by atoms with Gasteiger partial charge in [-0.3, -0.25) is 19.2 Å². The summed E-state index contributed by atoms with van der Waals surface area (Å²) >= 11 is 0. The first-order valence-corrected chi connectivity index (χ1v) is 18.3. The van der Waals surface area contributed by atoms with Crippen molar-refractivity contribution in [2.45, 2.75) is 79.8 Å². The number of amides is 4. The Hall–Kier alpha value is -4.92. The highest BCUT2D eigenvalue weighted by Crippen LogP contribution is 2.01. The van der Waals surface area contributed by atoms with Crippen LogP contribution in [0.1, 0.15) is 55.4 Å². The smallest absolute Gasteiger partial charge is 0.331 e. The molecule has 0 radical (unpaired) electrons. The molecule has 0 aliphatic carbocycles. The molecule has 0 rings (SSSR count). The molecule has 0 saturated carbocycles. The molecule has 20 nitrogen and oxygen atoms in total. The molecule has 56 heavy (non-hydrogen) atoms. The SMILES string of the molecule is CCN(CC)C(=O)[C@@H](O)COC(=O)/C=C/C(=O)OC[C@H](O)C(=O)N(CC)CC.CCN(CC)C(=O)[C@H](O)COC(=O)/C=C/C(=O)OC[C@@H](O)C(=O)N(CC)CC. The Morgan fingerprint density at radius 3 is 0.625 bits per heavy atom. The van der Waals surface area contributed by atoms with Gasteiger partial charge in [-0.1, -0.05) is 0 Å². The van der Waals surface area contributed by atoms with Crippen molar-refractivity contribution >= 4 is 47.5 Å². The molecule has 0 spiro atoms. The minimum Gasteiger partial charge on any atom is -0.459 e. The first kappa shape index (κ1) is 53.2. The molecule has 0 aromatic carbocycles. The van der Waals surface area contributed by atoms with Gasteiger partial charge in [0.2, 0.25) is 0 Å². The molecule has 20 heteroatoms. The van der Waals surface area contributed by atoms with Gasteiger partial charge in [0.05, 0.1) is 0 Å². The fraction of sp³-hybridized carbons (Fsp3) is 0.667. The number of nitrogens with zero attached hydrogens (tertiary/aromatic N) is 4. The summed E-state index contributed by atoms with van der Waals surface area (Å²) in [6.07, 6.45) is -2.94. The van der Waals surface area contributed by atoms with Gasteiger partial charge in [-0.15, -0.1) is 0 Å². The molecule has 0 bridgehead atoms. The highest BCUT2D eigenvalue weighted by Gasteiger charge is 2.24. The van der Waals surface area contributed by atoms with E-state index in [9.17, 15) is 58.8 Å². The maximum Gasteiger partial charge on any atom is 0.331 e. The Kier molecular flexibility index (Phi) is 28.8. The largest absolute Gasteiger partial charge is 0.459 e. The molecule has 0 aliphatic heterocycles. The Bertz CT molecular complexity index is 1110. The van der Waals surface area contributed by atoms with Crippen LogP contribution < -0.4 is 0 Å². The van der Waals surface area contributed by atoms with Crippen molar-refractivity contribution in [1.82, 2.24) is 19.6 Å². The quantitative estimate of drug-likeness (QED) is 0.0475. The number of hydrogen-bond donors (Lipinski definition) is 4. The number of rotatable bonds is 24. The first-order chi connectivity index (χ1) is 26.4. The van der Waals surface area contributed by atoms with E-state index in [0.29, 0.717) is 52.4 Å². The Labute approximate surface area is 327 Å². The zero-order valence-electron chi connectivity index (χ0n) is 33.6. The fourth-order valence-electron chi connectivity index (χ4n) is 4.38. The molecule has 0 heterocycles. The van der Waals surface area contributed by atoms with Crippen LogP contribution in [-0.4, -0.2) is 191 Å². The summed E-state index contributed by atoms with van der Waals surface area (Å²) in [6.45, 7) is 15.1. The van der Waals surface area contributed by atoms with Crippen LogP contribution in [0.3, 0.4) is 0 Å². The average molecular weight is 805 g/mol. The van der Waals surface area contributed by atoms with E-state index < -0.39 is 98.3 Å². The van der Waals surface area contributed by atoms with Gasteiger partial charge in [-0.2, -0.15) is 0 Å². The number of hydrogen-bond acceptors (Lipinski definition) is 16. The highest BCUT2D eigenvalue weighted by atomic mass is 16.6. The monoisotopic (exact) mass is 804 g/mol. The summed E-state index contributed by atoms with van der Waals surface area (Å²) in [5, 5.41) is 38.8. The zero-order chi connectivity index (χ0) is 43.4. The topological polar surface area (TPSA) is 267 Å². The second kappa shape index (κ2) is 30.3. The summed E-state index contributed by atoms with van der Waals surface area (Å²) < 4.78 is 18.8. The number of likely N-dealkylation sites (N-methyl/N-ethyl adjacent to an activating group) is 4. The van der Waals surface area contributed by atoms with Crippen molar-refractivity contribution in [2.75, 3.05) is 78.8 Å². The van der Waals surface area contributed by atoms with Crippen LogP contribution in [0.4, 0.5) is 0 Å². The van der Waals surface area contributed by atoms with Crippen LogP contribution in [-0.2, 0) is 57.3 Å². The second-order valence-electron chi connectivity index (χ2n) is 11.3. The number of esters is 4. The Morgan fingerprint density at radius 2 is 0.500 bits per heavy atom. The lowest BCUT2D eigenvalue weighted by Crippen LogP contribution is -2.41. The minimum atomic E-state index is -1.49. The number of aliphatic hydroxyl groups is 4. The predicted molar refractivity (Wildman–Crippen MR) is 198 cm³/mol. The molecule has 320 valence electrons. The highest BCUT2D eigenvalue weighted by molar-refractivity contribution is 5.93. The van der Waals surface area contributed by atoms with Gasteiger partial charge in [0.15, 0.2) is 24.4 Å². The number of carbonyl (C=O) groups is 8. The van der Waals surface area contributed by atoms with Gasteiger partial charge in [-0.05, 0) is 55.4 Å². The van der Waals surface area contributed by atoms with Gasteiger partial charge < -0.3 is 59.0 Å². The van der Waals surface area contributed by atoms with E-state index in [-0.39, 0.29) is 0 Å². The number of carbonyl (C=O) groups excluding carboxylic acids is 8. The molecule has 4 N–H and O–H groups in total. The summed E-state index contributed by atoms with van der Waals surface area (Å²) in [5.41, 5.74) is 0. The van der Waals surface area contributed by atoms with Crippen molar-refractivity contribution in [3.05, 3.63) is 24.3 Å². The molecule has 0 aromatic heterocycles. The first-order valence-electron chi connectivity index (χ1n) is 18.3. The van der Waals surface area contributed by atoms with Gasteiger partial charge >= 0.3 is 23.9 Å². The van der Waals surface area contributed by atoms with Crippen molar-refractivity contribution in [2.24, 2.45) is 0 Å². The third-order valence-electron chi connectivity index (χ3n) is 7.69. The van der Waals surface area contributed by atoms with E-state index in [1.54, 1.807) is 55.4 Å². The summed E-state index contributed by atoms with van der Waals surface area (Å²) in [6, 6.07) is 0. The van der Waals surface area contributed by atoms with Gasteiger partial charge in [0.1, 0.15) is 26.4 Å². The number of aliphatic hydroxyl groups excluding tert-OH is 4. The van der Waals surface area contributed by atoms with E-state index in [2.05, 4.69) is 0 Å². The van der Waals surface area contributed by atoms with Crippen LogP contribution in [0.15, 0.2) is 24.3 Å². The van der Waals surface area contributed by atoms with Crippen LogP contribution in [0.5, 0.6) is 0 Å². The third-order valence-corrected chi connectivity index (χ3v) is 7.69. The molecule has 4 atom stereocenters. The average Bonchev–Trinajstić information content (AvgIpc) is 3.19. The van der Waals surface area contributed by atoms with Crippen LogP contribution in [0.2, 0.25) is 0 Å². The standard InChI is InChI=1S/2C18H30N2O8/c2*1-5-19(6-2)17(25)13(21)11-27-15(23)9-10-16(24)28-12-14(22)18(26)20(7-3)8-4/h2*9-10,13-14,21-22H,5-8,11-12H2,1-4H3/b2*10-9+/t2*13-,14-/m10/s1. The van der Waals surface area contributed by atoms with Crippen molar-refractivity contribution < 1.29 is 77.7 Å². The Balaban J connectivity index is 0. The molecule has 0 fully saturated rings. The van der Waals surface area contributed by atoms with Crippen molar-refractivity contribution in [3.8, 4) is 0 Å². The lowest BCUT2D eigenvalue weighted by atomic mass is 10.3. The van der Waals surface area contributed by atoms with Gasteiger partial charge in [-0.25, -0.2) is 19.2 Å². The second-order valence-corrected chi connectivity index (χ2v) is 11.3. The van der Waals surface area contributed by atoms with Crippen molar-refractivity contribution in [3.63, 3.8) is 0 Å². The maximum atomic E-state index is 11.8. The Morgan fingerprint density at radius 1 is 0.357 bits per heavy atom. The molecule has 0 saturated heterocycles. The maximum absolute atomic E-state index is 11.8. The van der Waals surface area contributed by atoms with E-state index in [0.717, 1.165) is 24.3 Å². The third kappa shape index (κ3) is 21.2. The van der Waals surface area contributed by atoms with E-state index >= 15 is 0 Å². The van der Waals surface area contributed by atoms with E-state index in [1.807, 2.05) is 0 Å². The molecular weight excluding hydrogens is 744 g/mol. The lowest BCUT2D eigenvalue weighted by molar-refractivity contribution is -0.151. The molecule has 0 unspecified atom stereocenters. The molecular formula is C36H60N4O16. The summed E-state index contributed by atoms with van der Waals surface area (Å²) in [7, 11) is 0. The molecule has 0 aliphatic rings. The zero-order valence-corrected chi connectivity index (χ0v) is 33.6. The van der Waals surface area contributed by atoms with Gasteiger partial charge in [0.25, 0.3) is 23.6 Å².